The largest absolute Gasteiger partial charge is 0.306 e. The fraction of sp³-hybridized carbons (Fsp3) is 0.769. The minimum atomic E-state index is 0.434. The average Bonchev–Trinajstić information content (AvgIpc) is 2.80. The SMILES string of the molecule is CCCCCC[CH]CCC(C)Nn1ccnn1. The van der Waals surface area contributed by atoms with Crippen LogP contribution in [0.15, 0.2) is 12.4 Å². The highest BCUT2D eigenvalue weighted by Crippen LogP contribution is 2.08. The summed E-state index contributed by atoms with van der Waals surface area (Å²) in [4.78, 5) is 1.67. The molecule has 4 nitrogen and oxygen atoms in total. The molecule has 1 rings (SSSR count). The normalized spacial score (nSPS) is 12.6. The molecule has 4 heteroatoms. The Balaban J connectivity index is 1.92. The van der Waals surface area contributed by atoms with E-state index >= 15 is 0 Å². The van der Waals surface area contributed by atoms with Crippen LogP contribution in [-0.2, 0) is 0 Å². The molecule has 0 saturated carbocycles. The van der Waals surface area contributed by atoms with Crippen LogP contribution in [0.2, 0.25) is 0 Å². The second-order valence-corrected chi connectivity index (χ2v) is 4.59. The quantitative estimate of drug-likeness (QED) is 0.636. The zero-order valence-electron chi connectivity index (χ0n) is 11.1. The maximum absolute atomic E-state index is 3.88. The van der Waals surface area contributed by atoms with Gasteiger partial charge in [-0.3, -0.25) is 0 Å². The molecular weight excluding hydrogens is 212 g/mol. The minimum Gasteiger partial charge on any atom is -0.306 e. The summed E-state index contributed by atoms with van der Waals surface area (Å²) in [5.41, 5.74) is 3.26. The summed E-state index contributed by atoms with van der Waals surface area (Å²) in [6, 6.07) is 0.434. The zero-order valence-corrected chi connectivity index (χ0v) is 11.1. The standard InChI is InChI=1S/C13H25N4/c1-3-4-5-6-7-8-9-10-13(2)15-17-12-11-14-16-17/h8,11-13,15H,3-7,9-10H2,1-2H3. The van der Waals surface area contributed by atoms with Crippen molar-refractivity contribution in [2.75, 3.05) is 5.43 Å². The number of hydrogen-bond donors (Lipinski definition) is 1. The van der Waals surface area contributed by atoms with Gasteiger partial charge in [0.1, 0.15) is 0 Å². The summed E-state index contributed by atoms with van der Waals surface area (Å²) in [5, 5.41) is 7.64. The number of hydrogen-bond acceptors (Lipinski definition) is 3. The molecule has 0 amide bonds. The zero-order chi connectivity index (χ0) is 12.3. The van der Waals surface area contributed by atoms with Gasteiger partial charge in [-0.05, 0) is 31.4 Å². The number of nitrogens with one attached hydrogen (secondary N) is 1. The molecule has 1 N–H and O–H groups in total. The molecule has 1 aromatic rings. The molecule has 0 saturated heterocycles. The van der Waals surface area contributed by atoms with Crippen LogP contribution in [0.25, 0.3) is 0 Å². The van der Waals surface area contributed by atoms with Gasteiger partial charge in [-0.15, -0.1) is 5.10 Å². The Hall–Kier alpha value is -1.06. The third-order valence-electron chi connectivity index (χ3n) is 2.84. The predicted molar refractivity (Wildman–Crippen MR) is 71.1 cm³/mol. The van der Waals surface area contributed by atoms with Crippen LogP contribution < -0.4 is 5.43 Å². The fourth-order valence-electron chi connectivity index (χ4n) is 1.80. The van der Waals surface area contributed by atoms with Crippen molar-refractivity contribution in [2.24, 2.45) is 0 Å². The first-order valence-corrected chi connectivity index (χ1v) is 6.77. The number of rotatable bonds is 10. The first-order chi connectivity index (χ1) is 8.33. The van der Waals surface area contributed by atoms with E-state index in [1.54, 1.807) is 11.0 Å². The number of unbranched alkanes of at least 4 members (excludes halogenated alkanes) is 6. The second kappa shape index (κ2) is 9.02. The van der Waals surface area contributed by atoms with Crippen LogP contribution in [-0.4, -0.2) is 21.1 Å². The molecule has 17 heavy (non-hydrogen) atoms. The molecule has 1 unspecified atom stereocenters. The predicted octanol–water partition coefficient (Wildman–Crippen LogP) is 3.16. The van der Waals surface area contributed by atoms with Gasteiger partial charge in [-0.2, -0.15) is 4.79 Å². The Morgan fingerprint density at radius 1 is 1.29 bits per heavy atom. The van der Waals surface area contributed by atoms with Gasteiger partial charge >= 0.3 is 0 Å². The first-order valence-electron chi connectivity index (χ1n) is 6.77. The Morgan fingerprint density at radius 3 is 2.88 bits per heavy atom. The lowest BCUT2D eigenvalue weighted by molar-refractivity contribution is 0.570. The summed E-state index contributed by atoms with van der Waals surface area (Å²) >= 11 is 0. The van der Waals surface area contributed by atoms with E-state index in [1.807, 2.05) is 6.20 Å². The average molecular weight is 237 g/mol. The van der Waals surface area contributed by atoms with Gasteiger partial charge < -0.3 is 5.43 Å². The lowest BCUT2D eigenvalue weighted by Gasteiger charge is -2.13. The molecule has 1 radical (unpaired) electrons. The van der Waals surface area contributed by atoms with Crippen LogP contribution in [0.1, 0.15) is 58.8 Å². The highest BCUT2D eigenvalue weighted by atomic mass is 15.6. The Kier molecular flexibility index (Phi) is 7.43. The topological polar surface area (TPSA) is 42.7 Å². The van der Waals surface area contributed by atoms with Gasteiger partial charge in [0.25, 0.3) is 0 Å². The molecule has 97 valence electrons. The van der Waals surface area contributed by atoms with Gasteiger partial charge in [0, 0.05) is 6.04 Å². The van der Waals surface area contributed by atoms with Gasteiger partial charge in [-0.25, -0.2) is 0 Å². The minimum absolute atomic E-state index is 0.434. The van der Waals surface area contributed by atoms with Crippen LogP contribution in [0.5, 0.6) is 0 Å². The van der Waals surface area contributed by atoms with E-state index in [-0.39, 0.29) is 0 Å². The van der Waals surface area contributed by atoms with Crippen molar-refractivity contribution in [3.8, 4) is 0 Å². The fourth-order valence-corrected chi connectivity index (χ4v) is 1.80. The van der Waals surface area contributed by atoms with Crippen molar-refractivity contribution >= 4 is 0 Å². The van der Waals surface area contributed by atoms with E-state index in [0.717, 1.165) is 6.42 Å². The van der Waals surface area contributed by atoms with Crippen molar-refractivity contribution in [3.63, 3.8) is 0 Å². The van der Waals surface area contributed by atoms with E-state index in [1.165, 1.54) is 38.5 Å². The summed E-state index contributed by atoms with van der Waals surface area (Å²) in [7, 11) is 0. The third kappa shape index (κ3) is 6.97. The summed E-state index contributed by atoms with van der Waals surface area (Å²) in [6.45, 7) is 4.42. The molecule has 1 aromatic heterocycles. The van der Waals surface area contributed by atoms with E-state index in [4.69, 9.17) is 0 Å². The highest BCUT2D eigenvalue weighted by molar-refractivity contribution is 4.80. The molecule has 0 aliphatic carbocycles. The molecule has 0 aliphatic heterocycles. The van der Waals surface area contributed by atoms with Gasteiger partial charge in [0.15, 0.2) is 0 Å². The molecule has 0 aromatic carbocycles. The maximum Gasteiger partial charge on any atom is 0.0715 e. The molecule has 0 aliphatic rings. The third-order valence-corrected chi connectivity index (χ3v) is 2.84. The highest BCUT2D eigenvalue weighted by Gasteiger charge is 2.01. The van der Waals surface area contributed by atoms with E-state index < -0.39 is 0 Å². The molecular formula is C13H25N4. The summed E-state index contributed by atoms with van der Waals surface area (Å²) < 4.78 is 0. The van der Waals surface area contributed by atoms with Gasteiger partial charge in [-0.1, -0.05) is 39.0 Å². The Labute approximate surface area is 105 Å². The maximum atomic E-state index is 3.88. The lowest BCUT2D eigenvalue weighted by atomic mass is 10.1. The first kappa shape index (κ1) is 14.0. The molecule has 1 atom stereocenters. The second-order valence-electron chi connectivity index (χ2n) is 4.59. The number of aromatic nitrogens is 3. The van der Waals surface area contributed by atoms with Crippen LogP contribution in [0.4, 0.5) is 0 Å². The van der Waals surface area contributed by atoms with Crippen molar-refractivity contribution in [2.45, 2.75) is 64.8 Å². The van der Waals surface area contributed by atoms with Crippen molar-refractivity contribution in [3.05, 3.63) is 18.8 Å². The number of nitrogens with zero attached hydrogens (tertiary/aromatic N) is 3. The lowest BCUT2D eigenvalue weighted by Crippen LogP contribution is -2.25. The van der Waals surface area contributed by atoms with Crippen LogP contribution >= 0.6 is 0 Å². The van der Waals surface area contributed by atoms with E-state index in [0.29, 0.717) is 6.04 Å². The molecule has 1 heterocycles. The smallest absolute Gasteiger partial charge is 0.0715 e. The summed E-state index contributed by atoms with van der Waals surface area (Å²) in [5.74, 6) is 0. The van der Waals surface area contributed by atoms with Crippen molar-refractivity contribution in [1.29, 1.82) is 0 Å². The van der Waals surface area contributed by atoms with Crippen LogP contribution in [0, 0.1) is 6.42 Å². The van der Waals surface area contributed by atoms with Gasteiger partial charge in [0.2, 0.25) is 0 Å². The Morgan fingerprint density at radius 2 is 2.18 bits per heavy atom. The Bertz CT molecular complexity index is 258. The van der Waals surface area contributed by atoms with Crippen molar-refractivity contribution in [1.82, 2.24) is 15.1 Å². The monoisotopic (exact) mass is 237 g/mol. The van der Waals surface area contributed by atoms with E-state index in [9.17, 15) is 0 Å². The van der Waals surface area contributed by atoms with E-state index in [2.05, 4.69) is 36.0 Å². The van der Waals surface area contributed by atoms with Crippen LogP contribution in [0.3, 0.4) is 0 Å². The summed E-state index contributed by atoms with van der Waals surface area (Å²) in [6.07, 6.45) is 14.9. The van der Waals surface area contributed by atoms with Gasteiger partial charge in [0.05, 0.1) is 12.4 Å². The molecule has 0 spiro atoms. The molecule has 0 bridgehead atoms. The van der Waals surface area contributed by atoms with Crippen molar-refractivity contribution < 1.29 is 0 Å². The molecule has 0 fully saturated rings.